The van der Waals surface area contributed by atoms with Crippen LogP contribution < -0.4 is 0 Å². The normalized spacial score (nSPS) is 15.5. The molecule has 1 aliphatic rings. The Hall–Kier alpha value is -3.87. The Labute approximate surface area is 161 Å². The number of hydrogen-bond donors (Lipinski definition) is 0. The van der Waals surface area contributed by atoms with Gasteiger partial charge in [-0.2, -0.15) is 10.2 Å². The van der Waals surface area contributed by atoms with Crippen molar-refractivity contribution in [2.75, 3.05) is 7.11 Å². The van der Waals surface area contributed by atoms with Gasteiger partial charge in [0.1, 0.15) is 0 Å². The fraction of sp³-hybridized carbons (Fsp3) is 0.0952. The second-order valence-electron chi connectivity index (χ2n) is 5.99. The van der Waals surface area contributed by atoms with Gasteiger partial charge in [-0.25, -0.2) is 0 Å². The third kappa shape index (κ3) is 4.64. The molecule has 2 aromatic carbocycles. The van der Waals surface area contributed by atoms with Gasteiger partial charge < -0.3 is 4.74 Å². The van der Waals surface area contributed by atoms with E-state index in [1.165, 1.54) is 37.6 Å². The highest BCUT2D eigenvalue weighted by molar-refractivity contribution is 6.09. The molecule has 0 atom stereocenters. The van der Waals surface area contributed by atoms with Crippen molar-refractivity contribution in [3.63, 3.8) is 0 Å². The quantitative estimate of drug-likeness (QED) is 0.410. The molecule has 28 heavy (non-hydrogen) atoms. The van der Waals surface area contributed by atoms with E-state index < -0.39 is 4.92 Å². The number of nitrogens with zero attached hydrogens (tertiary/aromatic N) is 3. The summed E-state index contributed by atoms with van der Waals surface area (Å²) in [5, 5.41) is 18.7. The lowest BCUT2D eigenvalue weighted by Crippen LogP contribution is -2.14. The highest BCUT2D eigenvalue weighted by atomic mass is 16.6. The molecule has 0 saturated heterocycles. The van der Waals surface area contributed by atoms with Crippen LogP contribution in [0, 0.1) is 10.1 Å². The zero-order chi connectivity index (χ0) is 19.9. The molecule has 7 nitrogen and oxygen atoms in total. The maximum absolute atomic E-state index is 12.5. The number of carbonyl (C=O) groups excluding carboxylic acids is 1. The van der Waals surface area contributed by atoms with Gasteiger partial charge in [-0.05, 0) is 35.4 Å². The number of ketones is 1. The number of Topliss-reactive ketones (excluding diaryl/α,β-unsaturated/α-hetero) is 1. The summed E-state index contributed by atoms with van der Waals surface area (Å²) in [5.41, 5.74) is 2.77. The number of benzene rings is 2. The van der Waals surface area contributed by atoms with Crippen LogP contribution >= 0.6 is 0 Å². The summed E-state index contributed by atoms with van der Waals surface area (Å²) in [5.74, 6) is 0.0843. The molecule has 140 valence electrons. The number of nitro groups is 1. The molecule has 0 radical (unpaired) electrons. The first-order chi connectivity index (χ1) is 13.6. The standard InChI is InChI=1S/C21H17N3O4/c1-28-20-13-16(12-17(21(20)25)11-15-5-3-2-4-6-15)14-22-23-18-7-9-19(10-8-18)24(26)27/h2-10,12-14H,11H2,1H3. The molecule has 7 heteroatoms. The minimum absolute atomic E-state index is 0.00995. The largest absolute Gasteiger partial charge is 0.493 e. The fourth-order valence-electron chi connectivity index (χ4n) is 2.66. The van der Waals surface area contributed by atoms with Gasteiger partial charge >= 0.3 is 0 Å². The molecule has 0 unspecified atom stereocenters. The lowest BCUT2D eigenvalue weighted by atomic mass is 9.94. The number of hydrogen-bond acceptors (Lipinski definition) is 6. The third-order valence-corrected chi connectivity index (χ3v) is 4.05. The second-order valence-corrected chi connectivity index (χ2v) is 5.99. The van der Waals surface area contributed by atoms with E-state index in [1.54, 1.807) is 12.2 Å². The Bertz CT molecular complexity index is 1000. The molecular weight excluding hydrogens is 358 g/mol. The number of allylic oxidation sites excluding steroid dienone is 4. The van der Waals surface area contributed by atoms with Crippen molar-refractivity contribution < 1.29 is 14.5 Å². The van der Waals surface area contributed by atoms with E-state index >= 15 is 0 Å². The van der Waals surface area contributed by atoms with Gasteiger partial charge in [-0.1, -0.05) is 30.3 Å². The Balaban J connectivity index is 1.80. The molecule has 1 aliphatic carbocycles. The van der Waals surface area contributed by atoms with Gasteiger partial charge in [0.05, 0.1) is 23.9 Å². The molecular formula is C21H17N3O4. The van der Waals surface area contributed by atoms with Gasteiger partial charge in [0.15, 0.2) is 5.76 Å². The van der Waals surface area contributed by atoms with Crippen molar-refractivity contribution in [3.05, 3.63) is 106 Å². The highest BCUT2D eigenvalue weighted by Gasteiger charge is 2.21. The maximum Gasteiger partial charge on any atom is 0.269 e. The first-order valence-electron chi connectivity index (χ1n) is 8.47. The van der Waals surface area contributed by atoms with Gasteiger partial charge in [0.25, 0.3) is 5.69 Å². The summed E-state index contributed by atoms with van der Waals surface area (Å²) >= 11 is 0. The van der Waals surface area contributed by atoms with Crippen molar-refractivity contribution in [3.8, 4) is 0 Å². The molecule has 2 aromatic rings. The average Bonchev–Trinajstić information content (AvgIpc) is 2.71. The summed E-state index contributed by atoms with van der Waals surface area (Å²) in [6.45, 7) is 0. The van der Waals surface area contributed by atoms with Crippen LogP contribution in [0.2, 0.25) is 0 Å². The van der Waals surface area contributed by atoms with Crippen LogP contribution in [0.3, 0.4) is 0 Å². The van der Waals surface area contributed by atoms with E-state index in [1.807, 2.05) is 30.3 Å². The highest BCUT2D eigenvalue weighted by Crippen LogP contribution is 2.23. The zero-order valence-corrected chi connectivity index (χ0v) is 15.1. The Kier molecular flexibility index (Phi) is 5.86. The maximum atomic E-state index is 12.5. The van der Waals surface area contributed by atoms with Crippen LogP contribution in [-0.4, -0.2) is 17.8 Å². The average molecular weight is 375 g/mol. The number of ether oxygens (including phenoxy) is 1. The van der Waals surface area contributed by atoms with Crippen LogP contribution in [0.25, 0.3) is 0 Å². The molecule has 0 fully saturated rings. The van der Waals surface area contributed by atoms with Gasteiger partial charge in [0, 0.05) is 24.1 Å². The minimum atomic E-state index is -0.474. The van der Waals surface area contributed by atoms with Crippen LogP contribution in [-0.2, 0) is 16.0 Å². The van der Waals surface area contributed by atoms with Crippen LogP contribution in [0.15, 0.2) is 100 Å². The predicted molar refractivity (Wildman–Crippen MR) is 104 cm³/mol. The molecule has 0 N–H and O–H groups in total. The fourth-order valence-corrected chi connectivity index (χ4v) is 2.66. The topological polar surface area (TPSA) is 94.2 Å². The zero-order valence-electron chi connectivity index (χ0n) is 15.1. The molecule has 0 saturated carbocycles. The molecule has 0 heterocycles. The molecule has 0 bridgehead atoms. The summed E-state index contributed by atoms with van der Waals surface area (Å²) in [6, 6.07) is 15.4. The van der Waals surface area contributed by atoms with Gasteiger partial charge in [0.2, 0.25) is 5.78 Å². The number of azo groups is 1. The summed E-state index contributed by atoms with van der Waals surface area (Å²) in [4.78, 5) is 22.7. The van der Waals surface area contributed by atoms with E-state index in [2.05, 4.69) is 10.2 Å². The smallest absolute Gasteiger partial charge is 0.269 e. The van der Waals surface area contributed by atoms with Crippen molar-refractivity contribution >= 4 is 17.2 Å². The first kappa shape index (κ1) is 18.9. The molecule has 0 spiro atoms. The second kappa shape index (κ2) is 8.68. The Morgan fingerprint density at radius 2 is 1.79 bits per heavy atom. The number of methoxy groups -OCH3 is 1. The van der Waals surface area contributed by atoms with E-state index in [9.17, 15) is 14.9 Å². The van der Waals surface area contributed by atoms with Crippen molar-refractivity contribution in [1.29, 1.82) is 0 Å². The lowest BCUT2D eigenvalue weighted by molar-refractivity contribution is -0.384. The SMILES string of the molecule is COC1=CC(=CN=Nc2ccc([N+](=O)[O-])cc2)C=C(Cc2ccccc2)C1=O. The Morgan fingerprint density at radius 3 is 2.43 bits per heavy atom. The van der Waals surface area contributed by atoms with Crippen LogP contribution in [0.5, 0.6) is 0 Å². The van der Waals surface area contributed by atoms with Gasteiger partial charge in [-0.3, -0.25) is 14.9 Å². The summed E-state index contributed by atoms with van der Waals surface area (Å²) in [6.07, 6.45) is 5.35. The van der Waals surface area contributed by atoms with Crippen LogP contribution in [0.4, 0.5) is 11.4 Å². The summed E-state index contributed by atoms with van der Waals surface area (Å²) < 4.78 is 5.20. The monoisotopic (exact) mass is 375 g/mol. The number of rotatable bonds is 6. The van der Waals surface area contributed by atoms with Crippen molar-refractivity contribution in [2.45, 2.75) is 6.42 Å². The Morgan fingerprint density at radius 1 is 1.07 bits per heavy atom. The molecule has 0 aliphatic heterocycles. The van der Waals surface area contributed by atoms with E-state index in [4.69, 9.17) is 4.74 Å². The lowest BCUT2D eigenvalue weighted by Gasteiger charge is -2.14. The van der Waals surface area contributed by atoms with E-state index in [-0.39, 0.29) is 17.2 Å². The predicted octanol–water partition coefficient (Wildman–Crippen LogP) is 4.84. The summed E-state index contributed by atoms with van der Waals surface area (Å²) in [7, 11) is 1.45. The number of nitro benzene ring substituents is 1. The van der Waals surface area contributed by atoms with Crippen molar-refractivity contribution in [1.82, 2.24) is 0 Å². The third-order valence-electron chi connectivity index (χ3n) is 4.05. The first-order valence-corrected chi connectivity index (χ1v) is 8.47. The van der Waals surface area contributed by atoms with Crippen molar-refractivity contribution in [2.24, 2.45) is 10.2 Å². The molecule has 3 rings (SSSR count). The van der Waals surface area contributed by atoms with Crippen LogP contribution in [0.1, 0.15) is 5.56 Å². The van der Waals surface area contributed by atoms with Gasteiger partial charge in [-0.15, -0.1) is 0 Å². The number of non-ortho nitro benzene ring substituents is 1. The minimum Gasteiger partial charge on any atom is -0.493 e. The van der Waals surface area contributed by atoms with E-state index in [0.29, 0.717) is 23.3 Å². The number of carbonyl (C=O) groups is 1. The molecule has 0 amide bonds. The van der Waals surface area contributed by atoms with E-state index in [0.717, 1.165) is 5.56 Å². The molecule has 0 aromatic heterocycles.